The minimum absolute atomic E-state index is 0.0573. The van der Waals surface area contributed by atoms with Crippen molar-refractivity contribution in [1.29, 1.82) is 0 Å². The van der Waals surface area contributed by atoms with Crippen LogP contribution in [0.1, 0.15) is 12.0 Å². The summed E-state index contributed by atoms with van der Waals surface area (Å²) >= 11 is 0. The van der Waals surface area contributed by atoms with Gasteiger partial charge in [-0.25, -0.2) is 4.90 Å². The summed E-state index contributed by atoms with van der Waals surface area (Å²) in [5.41, 5.74) is 1.82. The highest BCUT2D eigenvalue weighted by atomic mass is 16.5. The van der Waals surface area contributed by atoms with Crippen LogP contribution in [0.2, 0.25) is 0 Å². The molecule has 7 heteroatoms. The van der Waals surface area contributed by atoms with Crippen LogP contribution in [0.5, 0.6) is 5.75 Å². The number of hydrogen-bond donors (Lipinski definition) is 2. The molecule has 1 aliphatic heterocycles. The summed E-state index contributed by atoms with van der Waals surface area (Å²) in [5.74, 6) is -0.865. The van der Waals surface area contributed by atoms with E-state index >= 15 is 0 Å². The van der Waals surface area contributed by atoms with Crippen molar-refractivity contribution >= 4 is 29.2 Å². The Kier molecular flexibility index (Phi) is 4.88. The molecular formula is C19H18N2O5. The Labute approximate surface area is 150 Å². The number of carbonyl (C=O) groups is 3. The van der Waals surface area contributed by atoms with Gasteiger partial charge in [0.2, 0.25) is 5.91 Å². The average molecular weight is 354 g/mol. The predicted octanol–water partition coefficient (Wildman–Crippen LogP) is 2.07. The molecule has 7 nitrogen and oxygen atoms in total. The van der Waals surface area contributed by atoms with Gasteiger partial charge >= 0.3 is 5.97 Å². The average Bonchev–Trinajstić information content (AvgIpc) is 2.90. The number of hydrogen-bond acceptors (Lipinski definition) is 5. The summed E-state index contributed by atoms with van der Waals surface area (Å²) in [7, 11) is 1.54. The number of imide groups is 1. The van der Waals surface area contributed by atoms with Crippen LogP contribution in [0.25, 0.3) is 0 Å². The van der Waals surface area contributed by atoms with E-state index in [1.165, 1.54) is 0 Å². The normalized spacial score (nSPS) is 16.7. The summed E-state index contributed by atoms with van der Waals surface area (Å²) in [4.78, 5) is 36.8. The fourth-order valence-electron chi connectivity index (χ4n) is 2.84. The summed E-state index contributed by atoms with van der Waals surface area (Å²) in [5, 5.41) is 11.8. The lowest BCUT2D eigenvalue weighted by atomic mass is 10.1. The quantitative estimate of drug-likeness (QED) is 0.771. The van der Waals surface area contributed by atoms with Crippen molar-refractivity contribution in [2.24, 2.45) is 0 Å². The van der Waals surface area contributed by atoms with Crippen molar-refractivity contribution in [2.45, 2.75) is 18.9 Å². The predicted molar refractivity (Wildman–Crippen MR) is 95.3 cm³/mol. The van der Waals surface area contributed by atoms with E-state index in [2.05, 4.69) is 5.32 Å². The van der Waals surface area contributed by atoms with Crippen LogP contribution in [-0.4, -0.2) is 36.0 Å². The minimum Gasteiger partial charge on any atom is -0.497 e. The van der Waals surface area contributed by atoms with Crippen molar-refractivity contribution in [2.75, 3.05) is 17.3 Å². The second-order valence-electron chi connectivity index (χ2n) is 5.93. The van der Waals surface area contributed by atoms with Crippen LogP contribution in [0.4, 0.5) is 11.4 Å². The van der Waals surface area contributed by atoms with Gasteiger partial charge in [-0.05, 0) is 42.0 Å². The van der Waals surface area contributed by atoms with E-state index in [9.17, 15) is 14.4 Å². The van der Waals surface area contributed by atoms with Crippen molar-refractivity contribution < 1.29 is 24.2 Å². The van der Waals surface area contributed by atoms with Crippen molar-refractivity contribution in [3.05, 3.63) is 54.1 Å². The van der Waals surface area contributed by atoms with E-state index in [0.29, 0.717) is 22.7 Å². The molecule has 26 heavy (non-hydrogen) atoms. The van der Waals surface area contributed by atoms with E-state index in [0.717, 1.165) is 4.90 Å². The molecule has 1 fully saturated rings. The molecule has 0 aromatic heterocycles. The third-order valence-electron chi connectivity index (χ3n) is 4.13. The molecule has 1 heterocycles. The summed E-state index contributed by atoms with van der Waals surface area (Å²) in [6.45, 7) is 0. The molecule has 3 rings (SSSR count). The number of carboxylic acids is 1. The van der Waals surface area contributed by atoms with E-state index in [-0.39, 0.29) is 24.7 Å². The van der Waals surface area contributed by atoms with Gasteiger partial charge in [0, 0.05) is 5.69 Å². The first kappa shape index (κ1) is 17.5. The number of amides is 2. The smallest absolute Gasteiger partial charge is 0.307 e. The number of aliphatic carboxylic acids is 1. The molecule has 0 bridgehead atoms. The van der Waals surface area contributed by atoms with Crippen LogP contribution in [0.15, 0.2) is 48.5 Å². The van der Waals surface area contributed by atoms with Gasteiger partial charge in [-0.15, -0.1) is 0 Å². The molecule has 2 aromatic rings. The van der Waals surface area contributed by atoms with Gasteiger partial charge in [0.1, 0.15) is 11.8 Å². The largest absolute Gasteiger partial charge is 0.497 e. The number of ether oxygens (including phenoxy) is 1. The number of nitrogens with one attached hydrogen (secondary N) is 1. The lowest BCUT2D eigenvalue weighted by Crippen LogP contribution is -2.34. The molecule has 1 saturated heterocycles. The van der Waals surface area contributed by atoms with Crippen molar-refractivity contribution in [1.82, 2.24) is 0 Å². The Hall–Kier alpha value is -3.35. The third kappa shape index (κ3) is 3.66. The van der Waals surface area contributed by atoms with Gasteiger partial charge in [-0.1, -0.05) is 12.1 Å². The summed E-state index contributed by atoms with van der Waals surface area (Å²) < 4.78 is 5.08. The maximum Gasteiger partial charge on any atom is 0.307 e. The molecule has 0 radical (unpaired) electrons. The minimum atomic E-state index is -0.905. The molecule has 0 aliphatic carbocycles. The van der Waals surface area contributed by atoms with Crippen LogP contribution in [-0.2, 0) is 20.8 Å². The number of benzene rings is 2. The topological polar surface area (TPSA) is 95.9 Å². The molecule has 0 spiro atoms. The lowest BCUT2D eigenvalue weighted by Gasteiger charge is -2.16. The van der Waals surface area contributed by atoms with Crippen molar-refractivity contribution in [3.8, 4) is 5.75 Å². The SMILES string of the molecule is COc1ccc(N2C(=O)C[C@@H](Nc3ccc(CC(=O)O)cc3)C2=O)cc1. The highest BCUT2D eigenvalue weighted by Crippen LogP contribution is 2.26. The van der Waals surface area contributed by atoms with Gasteiger partial charge in [0.15, 0.2) is 0 Å². The van der Waals surface area contributed by atoms with E-state index in [4.69, 9.17) is 9.84 Å². The zero-order chi connectivity index (χ0) is 18.7. The Morgan fingerprint density at radius 1 is 1.15 bits per heavy atom. The Morgan fingerprint density at radius 3 is 2.38 bits per heavy atom. The Morgan fingerprint density at radius 2 is 1.81 bits per heavy atom. The fourth-order valence-corrected chi connectivity index (χ4v) is 2.84. The number of methoxy groups -OCH3 is 1. The van der Waals surface area contributed by atoms with Crippen LogP contribution in [0.3, 0.4) is 0 Å². The van der Waals surface area contributed by atoms with Crippen molar-refractivity contribution in [3.63, 3.8) is 0 Å². The highest BCUT2D eigenvalue weighted by Gasteiger charge is 2.39. The Balaban J connectivity index is 1.71. The maximum atomic E-state index is 12.6. The first-order chi connectivity index (χ1) is 12.5. The van der Waals surface area contributed by atoms with Crippen LogP contribution < -0.4 is 15.0 Å². The molecule has 1 atom stereocenters. The molecular weight excluding hydrogens is 336 g/mol. The molecule has 0 unspecified atom stereocenters. The summed E-state index contributed by atoms with van der Waals surface area (Å²) in [6.07, 6.45) is -0.00584. The second kappa shape index (κ2) is 7.26. The molecule has 2 aromatic carbocycles. The van der Waals surface area contributed by atoms with E-state index < -0.39 is 12.0 Å². The third-order valence-corrected chi connectivity index (χ3v) is 4.13. The van der Waals surface area contributed by atoms with E-state index in [1.54, 1.807) is 55.6 Å². The summed E-state index contributed by atoms with van der Waals surface area (Å²) in [6, 6.07) is 12.8. The first-order valence-electron chi connectivity index (χ1n) is 8.06. The van der Waals surface area contributed by atoms with Gasteiger partial charge in [-0.2, -0.15) is 0 Å². The van der Waals surface area contributed by atoms with Crippen LogP contribution >= 0.6 is 0 Å². The molecule has 134 valence electrons. The first-order valence-corrected chi connectivity index (χ1v) is 8.06. The zero-order valence-corrected chi connectivity index (χ0v) is 14.1. The highest BCUT2D eigenvalue weighted by molar-refractivity contribution is 6.23. The monoisotopic (exact) mass is 354 g/mol. The van der Waals surface area contributed by atoms with Gasteiger partial charge < -0.3 is 15.2 Å². The number of carbonyl (C=O) groups excluding carboxylic acids is 2. The second-order valence-corrected chi connectivity index (χ2v) is 5.93. The zero-order valence-electron chi connectivity index (χ0n) is 14.1. The van der Waals surface area contributed by atoms with Gasteiger partial charge in [0.25, 0.3) is 5.91 Å². The molecule has 2 amide bonds. The standard InChI is InChI=1S/C19H18N2O5/c1-26-15-8-6-14(7-9-15)21-17(22)11-16(19(21)25)20-13-4-2-12(3-5-13)10-18(23)24/h2-9,16,20H,10-11H2,1H3,(H,23,24)/t16-/m1/s1. The van der Waals surface area contributed by atoms with Gasteiger partial charge in [-0.3, -0.25) is 14.4 Å². The molecule has 0 saturated carbocycles. The Bertz CT molecular complexity index is 830. The fraction of sp³-hybridized carbons (Fsp3) is 0.211. The lowest BCUT2D eigenvalue weighted by molar-refractivity contribution is -0.136. The maximum absolute atomic E-state index is 12.6. The number of rotatable bonds is 6. The number of carboxylic acid groups (broad SMARTS) is 1. The van der Waals surface area contributed by atoms with Gasteiger partial charge in [0.05, 0.1) is 25.6 Å². The molecule has 1 aliphatic rings. The number of anilines is 2. The van der Waals surface area contributed by atoms with E-state index in [1.807, 2.05) is 0 Å². The van der Waals surface area contributed by atoms with Crippen LogP contribution in [0, 0.1) is 0 Å². The molecule has 2 N–H and O–H groups in total. The number of nitrogens with zero attached hydrogens (tertiary/aromatic N) is 1.